The number of esters is 1. The second-order valence-corrected chi connectivity index (χ2v) is 5.46. The fourth-order valence-electron chi connectivity index (χ4n) is 2.20. The standard InChI is InChI=1S/C13H18N2O2S/c1-5-17-13(16)11-9(7-14-3)12-10(15(11)4)6-8(2)18-12/h6,14H,5,7H2,1-4H3. The molecule has 18 heavy (non-hydrogen) atoms. The second kappa shape index (κ2) is 5.12. The van der Waals surface area contributed by atoms with Crippen LogP contribution in [0.1, 0.15) is 27.9 Å². The van der Waals surface area contributed by atoms with Gasteiger partial charge in [0, 0.05) is 24.0 Å². The van der Waals surface area contributed by atoms with Crippen molar-refractivity contribution in [3.05, 3.63) is 22.2 Å². The van der Waals surface area contributed by atoms with Gasteiger partial charge in [0.1, 0.15) is 5.69 Å². The Morgan fingerprint density at radius 2 is 2.28 bits per heavy atom. The van der Waals surface area contributed by atoms with Crippen molar-refractivity contribution >= 4 is 27.5 Å². The van der Waals surface area contributed by atoms with Crippen LogP contribution in [-0.4, -0.2) is 24.2 Å². The van der Waals surface area contributed by atoms with Crippen molar-refractivity contribution in [3.8, 4) is 0 Å². The van der Waals surface area contributed by atoms with Crippen LogP contribution in [0, 0.1) is 6.92 Å². The van der Waals surface area contributed by atoms with Crippen LogP contribution in [0.5, 0.6) is 0 Å². The molecule has 0 saturated carbocycles. The van der Waals surface area contributed by atoms with Crippen LogP contribution in [0.2, 0.25) is 0 Å². The zero-order valence-corrected chi connectivity index (χ0v) is 12.0. The molecule has 0 unspecified atom stereocenters. The molecule has 4 nitrogen and oxygen atoms in total. The van der Waals surface area contributed by atoms with Gasteiger partial charge in [-0.25, -0.2) is 4.79 Å². The van der Waals surface area contributed by atoms with E-state index in [0.717, 1.165) is 11.1 Å². The minimum Gasteiger partial charge on any atom is -0.461 e. The summed E-state index contributed by atoms with van der Waals surface area (Å²) in [6, 6.07) is 2.11. The van der Waals surface area contributed by atoms with Gasteiger partial charge in [0.15, 0.2) is 0 Å². The molecule has 2 rings (SSSR count). The van der Waals surface area contributed by atoms with Crippen molar-refractivity contribution in [2.75, 3.05) is 13.7 Å². The third-order valence-electron chi connectivity index (χ3n) is 2.91. The molecular formula is C13H18N2O2S. The Hall–Kier alpha value is -1.33. The van der Waals surface area contributed by atoms with Gasteiger partial charge >= 0.3 is 5.97 Å². The molecule has 0 radical (unpaired) electrons. The lowest BCUT2D eigenvalue weighted by atomic mass is 10.2. The first-order valence-electron chi connectivity index (χ1n) is 5.99. The van der Waals surface area contributed by atoms with Crippen LogP contribution in [0.25, 0.3) is 10.2 Å². The molecule has 98 valence electrons. The summed E-state index contributed by atoms with van der Waals surface area (Å²) in [6.45, 7) is 4.98. The first kappa shape index (κ1) is 13.1. The maximum absolute atomic E-state index is 12.0. The highest BCUT2D eigenvalue weighted by atomic mass is 32.1. The van der Waals surface area contributed by atoms with Crippen LogP contribution in [0.3, 0.4) is 0 Å². The normalized spacial score (nSPS) is 11.1. The molecule has 5 heteroatoms. The Morgan fingerprint density at radius 3 is 2.89 bits per heavy atom. The van der Waals surface area contributed by atoms with E-state index in [4.69, 9.17) is 4.74 Å². The van der Waals surface area contributed by atoms with Crippen LogP contribution >= 0.6 is 11.3 Å². The minimum atomic E-state index is -0.244. The summed E-state index contributed by atoms with van der Waals surface area (Å²) in [4.78, 5) is 13.3. The van der Waals surface area contributed by atoms with Crippen molar-refractivity contribution in [2.45, 2.75) is 20.4 Å². The maximum atomic E-state index is 12.0. The Kier molecular flexibility index (Phi) is 3.73. The van der Waals surface area contributed by atoms with Crippen LogP contribution in [0.4, 0.5) is 0 Å². The van der Waals surface area contributed by atoms with Gasteiger partial charge in [0.05, 0.1) is 16.8 Å². The van der Waals surface area contributed by atoms with E-state index in [-0.39, 0.29) is 5.97 Å². The van der Waals surface area contributed by atoms with E-state index < -0.39 is 0 Å². The van der Waals surface area contributed by atoms with Crippen molar-refractivity contribution in [3.63, 3.8) is 0 Å². The smallest absolute Gasteiger partial charge is 0.355 e. The molecule has 0 saturated heterocycles. The number of carbonyl (C=O) groups excluding carboxylic acids is 1. The number of nitrogens with one attached hydrogen (secondary N) is 1. The predicted molar refractivity (Wildman–Crippen MR) is 74.3 cm³/mol. The van der Waals surface area contributed by atoms with Gasteiger partial charge in [0.25, 0.3) is 0 Å². The molecule has 0 fully saturated rings. The van der Waals surface area contributed by atoms with Gasteiger partial charge in [-0.2, -0.15) is 0 Å². The second-order valence-electron chi connectivity index (χ2n) is 4.21. The molecule has 0 spiro atoms. The number of aromatic nitrogens is 1. The van der Waals surface area contributed by atoms with E-state index in [2.05, 4.69) is 18.3 Å². The zero-order chi connectivity index (χ0) is 13.3. The predicted octanol–water partition coefficient (Wildman–Crippen LogP) is 2.44. The highest BCUT2D eigenvalue weighted by Gasteiger charge is 2.22. The lowest BCUT2D eigenvalue weighted by molar-refractivity contribution is 0.0514. The minimum absolute atomic E-state index is 0.244. The van der Waals surface area contributed by atoms with E-state index in [9.17, 15) is 4.79 Å². The molecule has 0 bridgehead atoms. The summed E-state index contributed by atoms with van der Waals surface area (Å²) < 4.78 is 8.25. The average Bonchev–Trinajstić information content (AvgIpc) is 2.79. The summed E-state index contributed by atoms with van der Waals surface area (Å²) >= 11 is 1.72. The Labute approximate surface area is 111 Å². The quantitative estimate of drug-likeness (QED) is 0.864. The molecule has 0 aliphatic rings. The molecular weight excluding hydrogens is 248 g/mol. The summed E-state index contributed by atoms with van der Waals surface area (Å²) in [5, 5.41) is 3.12. The van der Waals surface area contributed by atoms with Crippen molar-refractivity contribution in [2.24, 2.45) is 7.05 Å². The number of rotatable bonds is 4. The zero-order valence-electron chi connectivity index (χ0n) is 11.2. The topological polar surface area (TPSA) is 43.3 Å². The van der Waals surface area contributed by atoms with Crippen LogP contribution < -0.4 is 5.32 Å². The number of nitrogens with zero attached hydrogens (tertiary/aromatic N) is 1. The van der Waals surface area contributed by atoms with Crippen molar-refractivity contribution in [1.29, 1.82) is 0 Å². The highest BCUT2D eigenvalue weighted by molar-refractivity contribution is 7.19. The van der Waals surface area contributed by atoms with Crippen molar-refractivity contribution in [1.82, 2.24) is 9.88 Å². The van der Waals surface area contributed by atoms with Gasteiger partial charge in [-0.15, -0.1) is 11.3 Å². The lowest BCUT2D eigenvalue weighted by Gasteiger charge is -2.07. The van der Waals surface area contributed by atoms with Crippen LogP contribution in [0.15, 0.2) is 6.07 Å². The number of thiophene rings is 1. The van der Waals surface area contributed by atoms with Gasteiger partial charge in [-0.3, -0.25) is 0 Å². The molecule has 0 aromatic carbocycles. The van der Waals surface area contributed by atoms with Gasteiger partial charge in [-0.05, 0) is 27.0 Å². The summed E-state index contributed by atoms with van der Waals surface area (Å²) in [6.07, 6.45) is 0. The molecule has 2 aromatic heterocycles. The fourth-order valence-corrected chi connectivity index (χ4v) is 3.28. The Balaban J connectivity index is 2.63. The number of hydrogen-bond acceptors (Lipinski definition) is 4. The van der Waals surface area contributed by atoms with E-state index in [0.29, 0.717) is 18.8 Å². The lowest BCUT2D eigenvalue weighted by Crippen LogP contribution is -2.15. The van der Waals surface area contributed by atoms with Gasteiger partial charge in [-0.1, -0.05) is 0 Å². The molecule has 1 N–H and O–H groups in total. The van der Waals surface area contributed by atoms with Gasteiger partial charge in [0.2, 0.25) is 0 Å². The Morgan fingerprint density at radius 1 is 1.56 bits per heavy atom. The number of ether oxygens (including phenoxy) is 1. The number of carbonyl (C=O) groups is 1. The number of hydrogen-bond donors (Lipinski definition) is 1. The Bertz CT molecular complexity index is 583. The van der Waals surface area contributed by atoms with Crippen LogP contribution in [-0.2, 0) is 18.3 Å². The van der Waals surface area contributed by atoms with E-state index in [1.807, 2.05) is 25.6 Å². The first-order valence-corrected chi connectivity index (χ1v) is 6.81. The SMILES string of the molecule is CCOC(=O)c1c(CNC)c2sc(C)cc2n1C. The first-order chi connectivity index (χ1) is 8.60. The highest BCUT2D eigenvalue weighted by Crippen LogP contribution is 2.33. The molecule has 0 aliphatic carbocycles. The summed E-state index contributed by atoms with van der Waals surface area (Å²) in [5.74, 6) is -0.244. The van der Waals surface area contributed by atoms with Crippen molar-refractivity contribution < 1.29 is 9.53 Å². The van der Waals surface area contributed by atoms with E-state index in [1.54, 1.807) is 11.3 Å². The number of aryl methyl sites for hydroxylation is 2. The molecule has 2 heterocycles. The molecule has 0 aliphatic heterocycles. The largest absolute Gasteiger partial charge is 0.461 e. The molecule has 0 atom stereocenters. The molecule has 0 amide bonds. The van der Waals surface area contributed by atoms with E-state index in [1.165, 1.54) is 9.58 Å². The van der Waals surface area contributed by atoms with E-state index >= 15 is 0 Å². The summed E-state index contributed by atoms with van der Waals surface area (Å²) in [7, 11) is 3.80. The third-order valence-corrected chi connectivity index (χ3v) is 4.01. The number of fused-ring (bicyclic) bond motifs is 1. The molecule has 2 aromatic rings. The van der Waals surface area contributed by atoms with Gasteiger partial charge < -0.3 is 14.6 Å². The average molecular weight is 266 g/mol. The monoisotopic (exact) mass is 266 g/mol. The third kappa shape index (κ3) is 2.04. The maximum Gasteiger partial charge on any atom is 0.355 e. The fraction of sp³-hybridized carbons (Fsp3) is 0.462. The summed E-state index contributed by atoms with van der Waals surface area (Å²) in [5.41, 5.74) is 2.80.